The summed E-state index contributed by atoms with van der Waals surface area (Å²) in [6.07, 6.45) is -1.72. The fraction of sp³-hybridized carbons (Fsp3) is 1.00. The van der Waals surface area contributed by atoms with Gasteiger partial charge in [-0.25, -0.2) is 0 Å². The molecule has 1 N–H and O–H groups in total. The first-order valence-corrected chi connectivity index (χ1v) is 5.54. The second-order valence-electron chi connectivity index (χ2n) is 4.20. The van der Waals surface area contributed by atoms with Gasteiger partial charge in [-0.3, -0.25) is 0 Å². The van der Waals surface area contributed by atoms with Crippen LogP contribution < -0.4 is 5.32 Å². The van der Waals surface area contributed by atoms with E-state index in [9.17, 15) is 13.2 Å². The average Bonchev–Trinajstić information content (AvgIpc) is 2.95. The molecule has 1 fully saturated rings. The van der Waals surface area contributed by atoms with Crippen molar-refractivity contribution in [1.82, 2.24) is 10.2 Å². The molecule has 0 unspecified atom stereocenters. The molecule has 0 saturated heterocycles. The van der Waals surface area contributed by atoms with Crippen LogP contribution in [-0.4, -0.2) is 57.0 Å². The Kier molecular flexibility index (Phi) is 5.51. The fourth-order valence-corrected chi connectivity index (χ4v) is 1.27. The van der Waals surface area contributed by atoms with E-state index < -0.39 is 12.8 Å². The highest BCUT2D eigenvalue weighted by Crippen LogP contribution is 2.18. The summed E-state index contributed by atoms with van der Waals surface area (Å²) in [6.45, 7) is 1.23. The van der Waals surface area contributed by atoms with Crippen molar-refractivity contribution in [2.75, 3.05) is 39.9 Å². The molecule has 1 saturated carbocycles. The Labute approximate surface area is 93.9 Å². The lowest BCUT2D eigenvalue weighted by molar-refractivity contribution is -0.174. The van der Waals surface area contributed by atoms with Crippen LogP contribution in [-0.2, 0) is 4.74 Å². The number of rotatable bonds is 8. The highest BCUT2D eigenvalue weighted by Gasteiger charge is 2.27. The summed E-state index contributed by atoms with van der Waals surface area (Å²) in [5.74, 6) is 0. The Morgan fingerprint density at radius 2 is 2.00 bits per heavy atom. The Balaban J connectivity index is 1.86. The molecule has 0 heterocycles. The molecule has 0 aliphatic heterocycles. The van der Waals surface area contributed by atoms with Gasteiger partial charge in [-0.15, -0.1) is 0 Å². The van der Waals surface area contributed by atoms with E-state index in [1.807, 2.05) is 11.9 Å². The van der Waals surface area contributed by atoms with Crippen LogP contribution in [0.1, 0.15) is 12.8 Å². The van der Waals surface area contributed by atoms with Crippen molar-refractivity contribution >= 4 is 0 Å². The van der Waals surface area contributed by atoms with Crippen LogP contribution in [0.5, 0.6) is 0 Å². The van der Waals surface area contributed by atoms with Crippen LogP contribution in [0.15, 0.2) is 0 Å². The number of nitrogens with zero attached hydrogens (tertiary/aromatic N) is 1. The van der Waals surface area contributed by atoms with Crippen molar-refractivity contribution in [2.45, 2.75) is 25.1 Å². The van der Waals surface area contributed by atoms with E-state index in [4.69, 9.17) is 0 Å². The second-order valence-corrected chi connectivity index (χ2v) is 4.20. The van der Waals surface area contributed by atoms with Crippen molar-refractivity contribution in [2.24, 2.45) is 0 Å². The van der Waals surface area contributed by atoms with Crippen LogP contribution in [0.25, 0.3) is 0 Å². The molecule has 1 aliphatic carbocycles. The van der Waals surface area contributed by atoms with Gasteiger partial charge in [0.25, 0.3) is 0 Å². The van der Waals surface area contributed by atoms with Crippen molar-refractivity contribution in [3.05, 3.63) is 0 Å². The van der Waals surface area contributed by atoms with E-state index in [0.717, 1.165) is 13.1 Å². The number of hydrogen-bond acceptors (Lipinski definition) is 3. The highest BCUT2D eigenvalue weighted by atomic mass is 19.4. The zero-order valence-corrected chi connectivity index (χ0v) is 9.52. The Bertz CT molecular complexity index is 195. The van der Waals surface area contributed by atoms with Gasteiger partial charge in [-0.2, -0.15) is 13.2 Å². The Morgan fingerprint density at radius 3 is 2.56 bits per heavy atom. The van der Waals surface area contributed by atoms with E-state index in [1.165, 1.54) is 12.8 Å². The predicted octanol–water partition coefficient (Wildman–Crippen LogP) is 1.25. The quantitative estimate of drug-likeness (QED) is 0.646. The molecule has 16 heavy (non-hydrogen) atoms. The number of nitrogens with one attached hydrogen (secondary N) is 1. The SMILES string of the molecule is CN(CCNC1CC1)CCOCC(F)(F)F. The molecule has 1 aliphatic rings. The fourth-order valence-electron chi connectivity index (χ4n) is 1.27. The molecular formula is C10H19F3N2O. The van der Waals surface area contributed by atoms with Gasteiger partial charge < -0.3 is 15.0 Å². The number of alkyl halides is 3. The summed E-state index contributed by atoms with van der Waals surface area (Å²) in [5, 5.41) is 3.34. The number of halogens is 3. The minimum absolute atomic E-state index is 0.124. The minimum atomic E-state index is -4.22. The van der Waals surface area contributed by atoms with Crippen molar-refractivity contribution in [3.63, 3.8) is 0 Å². The lowest BCUT2D eigenvalue weighted by Gasteiger charge is -2.17. The minimum Gasteiger partial charge on any atom is -0.371 e. The maximum Gasteiger partial charge on any atom is 0.411 e. The lowest BCUT2D eigenvalue weighted by Crippen LogP contribution is -2.33. The van der Waals surface area contributed by atoms with Crippen LogP contribution in [0.3, 0.4) is 0 Å². The molecule has 0 amide bonds. The van der Waals surface area contributed by atoms with Gasteiger partial charge in [0.1, 0.15) is 6.61 Å². The van der Waals surface area contributed by atoms with Crippen LogP contribution in [0.4, 0.5) is 13.2 Å². The zero-order chi connectivity index (χ0) is 12.0. The van der Waals surface area contributed by atoms with Gasteiger partial charge in [-0.1, -0.05) is 0 Å². The molecule has 3 nitrogen and oxygen atoms in total. The third-order valence-electron chi connectivity index (χ3n) is 2.39. The van der Waals surface area contributed by atoms with Gasteiger partial charge in [-0.05, 0) is 19.9 Å². The maximum atomic E-state index is 11.7. The van der Waals surface area contributed by atoms with Crippen molar-refractivity contribution < 1.29 is 17.9 Å². The van der Waals surface area contributed by atoms with E-state index in [1.54, 1.807) is 0 Å². The molecule has 1 rings (SSSR count). The zero-order valence-electron chi connectivity index (χ0n) is 9.52. The summed E-state index contributed by atoms with van der Waals surface area (Å²) in [7, 11) is 1.88. The first kappa shape index (κ1) is 13.7. The van der Waals surface area contributed by atoms with E-state index in [-0.39, 0.29) is 6.61 Å². The molecule has 96 valence electrons. The topological polar surface area (TPSA) is 24.5 Å². The summed E-state index contributed by atoms with van der Waals surface area (Å²) in [5.41, 5.74) is 0. The first-order valence-electron chi connectivity index (χ1n) is 5.54. The first-order chi connectivity index (χ1) is 7.47. The third kappa shape index (κ3) is 7.90. The van der Waals surface area contributed by atoms with E-state index in [0.29, 0.717) is 12.6 Å². The van der Waals surface area contributed by atoms with Crippen LogP contribution in [0.2, 0.25) is 0 Å². The lowest BCUT2D eigenvalue weighted by atomic mass is 10.5. The normalized spacial score (nSPS) is 17.1. The molecule has 0 atom stereocenters. The van der Waals surface area contributed by atoms with Gasteiger partial charge in [0, 0.05) is 25.7 Å². The molecule has 0 aromatic heterocycles. The predicted molar refractivity (Wildman–Crippen MR) is 55.4 cm³/mol. The van der Waals surface area contributed by atoms with E-state index >= 15 is 0 Å². The smallest absolute Gasteiger partial charge is 0.371 e. The summed E-state index contributed by atoms with van der Waals surface area (Å²) in [4.78, 5) is 1.96. The maximum absolute atomic E-state index is 11.7. The molecule has 0 aromatic carbocycles. The molecule has 0 radical (unpaired) electrons. The summed E-state index contributed by atoms with van der Waals surface area (Å²) < 4.78 is 39.7. The molecule has 0 bridgehead atoms. The van der Waals surface area contributed by atoms with Gasteiger partial charge >= 0.3 is 6.18 Å². The van der Waals surface area contributed by atoms with Gasteiger partial charge in [0.15, 0.2) is 0 Å². The van der Waals surface area contributed by atoms with Gasteiger partial charge in [0.2, 0.25) is 0 Å². The largest absolute Gasteiger partial charge is 0.411 e. The summed E-state index contributed by atoms with van der Waals surface area (Å²) in [6, 6.07) is 0.676. The van der Waals surface area contributed by atoms with E-state index in [2.05, 4.69) is 10.1 Å². The average molecular weight is 240 g/mol. The Hall–Kier alpha value is -0.330. The monoisotopic (exact) mass is 240 g/mol. The summed E-state index contributed by atoms with van der Waals surface area (Å²) >= 11 is 0. The molecule has 6 heteroatoms. The van der Waals surface area contributed by atoms with Gasteiger partial charge in [0.05, 0.1) is 6.61 Å². The third-order valence-corrected chi connectivity index (χ3v) is 2.39. The highest BCUT2D eigenvalue weighted by molar-refractivity contribution is 4.80. The number of ether oxygens (including phenoxy) is 1. The number of hydrogen-bond donors (Lipinski definition) is 1. The molecular weight excluding hydrogens is 221 g/mol. The standard InChI is InChI=1S/C10H19F3N2O/c1-15(5-4-14-9-2-3-9)6-7-16-8-10(11,12)13/h9,14H,2-8H2,1H3. The van der Waals surface area contributed by atoms with Crippen LogP contribution in [0, 0.1) is 0 Å². The Morgan fingerprint density at radius 1 is 1.31 bits per heavy atom. The van der Waals surface area contributed by atoms with Crippen molar-refractivity contribution in [1.29, 1.82) is 0 Å². The molecule has 0 spiro atoms. The van der Waals surface area contributed by atoms with Crippen LogP contribution >= 0.6 is 0 Å². The number of likely N-dealkylation sites (N-methyl/N-ethyl adjacent to an activating group) is 1. The molecule has 0 aromatic rings. The second kappa shape index (κ2) is 6.42. The van der Waals surface area contributed by atoms with Crippen molar-refractivity contribution in [3.8, 4) is 0 Å².